The fraction of sp³-hybridized carbons (Fsp3) is 0.565. The van der Waals surface area contributed by atoms with Crippen LogP contribution in [-0.2, 0) is 13.0 Å². The predicted molar refractivity (Wildman–Crippen MR) is 110 cm³/mol. The predicted octanol–water partition coefficient (Wildman–Crippen LogP) is 5.47. The van der Waals surface area contributed by atoms with Crippen LogP contribution in [0.2, 0.25) is 0 Å². The maximum atomic E-state index is 9.56. The molecule has 0 atom stereocenters. The normalized spacial score (nSPS) is 15.4. The first-order chi connectivity index (χ1) is 12.8. The Balaban J connectivity index is 1.47. The van der Waals surface area contributed by atoms with Crippen LogP contribution in [0.1, 0.15) is 57.4 Å². The highest BCUT2D eigenvalue weighted by Crippen LogP contribution is 2.28. The van der Waals surface area contributed by atoms with Crippen molar-refractivity contribution in [2.45, 2.75) is 64.8 Å². The maximum Gasteiger partial charge on any atom is 0.115 e. The number of piperidine rings is 1. The van der Waals surface area contributed by atoms with Crippen molar-refractivity contribution in [2.75, 3.05) is 19.6 Å². The lowest BCUT2D eigenvalue weighted by molar-refractivity contribution is 0.224. The summed E-state index contributed by atoms with van der Waals surface area (Å²) >= 11 is 0. The Morgan fingerprint density at radius 2 is 1.62 bits per heavy atom. The molecule has 2 heterocycles. The molecule has 1 aromatic carbocycles. The Bertz CT molecular complexity index is 653. The van der Waals surface area contributed by atoms with Crippen molar-refractivity contribution in [3.05, 3.63) is 42.1 Å². The van der Waals surface area contributed by atoms with Crippen LogP contribution >= 0.6 is 0 Å². The van der Waals surface area contributed by atoms with E-state index < -0.39 is 0 Å². The lowest BCUT2D eigenvalue weighted by Gasteiger charge is -2.26. The molecule has 2 aromatic rings. The van der Waals surface area contributed by atoms with E-state index in [1.54, 1.807) is 12.1 Å². The van der Waals surface area contributed by atoms with E-state index in [-0.39, 0.29) is 0 Å². The molecule has 0 spiro atoms. The highest BCUT2D eigenvalue weighted by atomic mass is 16.3. The molecule has 3 rings (SSSR count). The standard InChI is InChI=1S/C23H34N2O/c1-2-25-19-15-20(23(25)21-11-13-22(26)14-12-21)10-6-3-4-7-16-24-17-8-5-9-18-24/h11-15,19,26H,2-10,16-18H2,1H3. The molecule has 0 unspecified atom stereocenters. The monoisotopic (exact) mass is 354 g/mol. The van der Waals surface area contributed by atoms with E-state index in [1.807, 2.05) is 12.1 Å². The van der Waals surface area contributed by atoms with Gasteiger partial charge >= 0.3 is 0 Å². The van der Waals surface area contributed by atoms with Gasteiger partial charge in [-0.05, 0) is 100 Å². The zero-order valence-corrected chi connectivity index (χ0v) is 16.3. The topological polar surface area (TPSA) is 28.4 Å². The molecule has 1 aliphatic rings. The number of aromatic nitrogens is 1. The number of hydrogen-bond acceptors (Lipinski definition) is 2. The summed E-state index contributed by atoms with van der Waals surface area (Å²) in [7, 11) is 0. The Morgan fingerprint density at radius 1 is 0.885 bits per heavy atom. The average molecular weight is 355 g/mol. The summed E-state index contributed by atoms with van der Waals surface area (Å²) in [6.07, 6.45) is 12.8. The second-order valence-corrected chi connectivity index (χ2v) is 7.59. The number of hydrogen-bond donors (Lipinski definition) is 1. The SMILES string of the molecule is CCn1ccc(CCCCCCN2CCCCC2)c1-c1ccc(O)cc1. The molecule has 0 radical (unpaired) electrons. The summed E-state index contributed by atoms with van der Waals surface area (Å²) in [5.41, 5.74) is 3.96. The van der Waals surface area contributed by atoms with Crippen molar-refractivity contribution < 1.29 is 5.11 Å². The van der Waals surface area contributed by atoms with Crippen LogP contribution in [0.15, 0.2) is 36.5 Å². The van der Waals surface area contributed by atoms with E-state index in [0.717, 1.165) is 13.0 Å². The van der Waals surface area contributed by atoms with Gasteiger partial charge in [0.05, 0.1) is 5.69 Å². The van der Waals surface area contributed by atoms with Crippen molar-refractivity contribution >= 4 is 0 Å². The molecule has 142 valence electrons. The fourth-order valence-electron chi connectivity index (χ4n) is 4.14. The van der Waals surface area contributed by atoms with E-state index in [1.165, 1.54) is 81.4 Å². The molecule has 1 saturated heterocycles. The summed E-state index contributed by atoms with van der Waals surface area (Å²) in [5.74, 6) is 0.332. The van der Waals surface area contributed by atoms with Gasteiger partial charge in [0, 0.05) is 12.7 Å². The van der Waals surface area contributed by atoms with Gasteiger partial charge in [-0.15, -0.1) is 0 Å². The van der Waals surface area contributed by atoms with Gasteiger partial charge in [0.15, 0.2) is 0 Å². The van der Waals surface area contributed by atoms with Gasteiger partial charge in [-0.1, -0.05) is 19.3 Å². The Hall–Kier alpha value is -1.74. The zero-order chi connectivity index (χ0) is 18.2. The molecule has 1 N–H and O–H groups in total. The minimum atomic E-state index is 0.332. The van der Waals surface area contributed by atoms with E-state index >= 15 is 0 Å². The number of aryl methyl sites for hydroxylation is 2. The molecule has 0 amide bonds. The number of phenolic OH excluding ortho intramolecular Hbond substituents is 1. The summed E-state index contributed by atoms with van der Waals surface area (Å²) < 4.78 is 2.32. The Morgan fingerprint density at radius 3 is 2.35 bits per heavy atom. The van der Waals surface area contributed by atoms with Crippen LogP contribution in [0.3, 0.4) is 0 Å². The molecular weight excluding hydrogens is 320 g/mol. The van der Waals surface area contributed by atoms with Gasteiger partial charge in [-0.2, -0.15) is 0 Å². The van der Waals surface area contributed by atoms with Crippen molar-refractivity contribution in [3.8, 4) is 17.0 Å². The molecule has 0 bridgehead atoms. The molecular formula is C23H34N2O. The third kappa shape index (κ3) is 5.14. The van der Waals surface area contributed by atoms with E-state index in [9.17, 15) is 5.11 Å². The Labute approximate surface area is 158 Å². The van der Waals surface area contributed by atoms with Gasteiger partial charge in [0.25, 0.3) is 0 Å². The molecule has 0 aliphatic carbocycles. The van der Waals surface area contributed by atoms with E-state index in [2.05, 4.69) is 28.7 Å². The number of nitrogens with zero attached hydrogens (tertiary/aromatic N) is 2. The van der Waals surface area contributed by atoms with Crippen LogP contribution in [0, 0.1) is 0 Å². The Kier molecular flexibility index (Phi) is 7.19. The number of likely N-dealkylation sites (tertiary alicyclic amines) is 1. The number of phenols is 1. The minimum Gasteiger partial charge on any atom is -0.508 e. The van der Waals surface area contributed by atoms with Gasteiger partial charge < -0.3 is 14.6 Å². The summed E-state index contributed by atoms with van der Waals surface area (Å²) in [6.45, 7) is 7.10. The minimum absolute atomic E-state index is 0.332. The summed E-state index contributed by atoms with van der Waals surface area (Å²) in [6, 6.07) is 9.90. The molecule has 3 nitrogen and oxygen atoms in total. The van der Waals surface area contributed by atoms with Crippen LogP contribution in [0.4, 0.5) is 0 Å². The second-order valence-electron chi connectivity index (χ2n) is 7.59. The lowest BCUT2D eigenvalue weighted by atomic mass is 10.0. The highest BCUT2D eigenvalue weighted by Gasteiger charge is 2.11. The zero-order valence-electron chi connectivity index (χ0n) is 16.3. The number of aromatic hydroxyl groups is 1. The van der Waals surface area contributed by atoms with Crippen LogP contribution in [-0.4, -0.2) is 34.2 Å². The number of rotatable bonds is 9. The molecule has 26 heavy (non-hydrogen) atoms. The second kappa shape index (κ2) is 9.82. The first kappa shape index (κ1) is 19.0. The van der Waals surface area contributed by atoms with Crippen molar-refractivity contribution in [3.63, 3.8) is 0 Å². The maximum absolute atomic E-state index is 9.56. The van der Waals surface area contributed by atoms with Crippen molar-refractivity contribution in [2.24, 2.45) is 0 Å². The van der Waals surface area contributed by atoms with Crippen molar-refractivity contribution in [1.82, 2.24) is 9.47 Å². The first-order valence-corrected chi connectivity index (χ1v) is 10.5. The van der Waals surface area contributed by atoms with Gasteiger partial charge in [0.1, 0.15) is 5.75 Å². The quantitative estimate of drug-likeness (QED) is 0.605. The van der Waals surface area contributed by atoms with Crippen LogP contribution < -0.4 is 0 Å². The van der Waals surface area contributed by atoms with E-state index in [0.29, 0.717) is 5.75 Å². The smallest absolute Gasteiger partial charge is 0.115 e. The summed E-state index contributed by atoms with van der Waals surface area (Å²) in [5, 5.41) is 9.56. The third-order valence-corrected chi connectivity index (χ3v) is 5.65. The molecule has 1 aliphatic heterocycles. The fourth-order valence-corrected chi connectivity index (χ4v) is 4.14. The lowest BCUT2D eigenvalue weighted by Crippen LogP contribution is -2.30. The van der Waals surface area contributed by atoms with Gasteiger partial charge in [0.2, 0.25) is 0 Å². The molecule has 0 saturated carbocycles. The van der Waals surface area contributed by atoms with Gasteiger partial charge in [-0.25, -0.2) is 0 Å². The van der Waals surface area contributed by atoms with Gasteiger partial charge in [-0.3, -0.25) is 0 Å². The van der Waals surface area contributed by atoms with Crippen LogP contribution in [0.5, 0.6) is 5.75 Å². The van der Waals surface area contributed by atoms with Crippen molar-refractivity contribution in [1.29, 1.82) is 0 Å². The summed E-state index contributed by atoms with van der Waals surface area (Å²) in [4.78, 5) is 2.65. The average Bonchev–Trinajstić information content (AvgIpc) is 3.09. The largest absolute Gasteiger partial charge is 0.508 e. The molecule has 1 fully saturated rings. The van der Waals surface area contributed by atoms with E-state index in [4.69, 9.17) is 0 Å². The van der Waals surface area contributed by atoms with Crippen LogP contribution in [0.25, 0.3) is 11.3 Å². The molecule has 3 heteroatoms. The highest BCUT2D eigenvalue weighted by molar-refractivity contribution is 5.65. The first-order valence-electron chi connectivity index (χ1n) is 10.5. The molecule has 1 aromatic heterocycles. The number of unbranched alkanes of at least 4 members (excludes halogenated alkanes) is 3. The number of benzene rings is 1. The third-order valence-electron chi connectivity index (χ3n) is 5.65.